The molecule has 0 unspecified atom stereocenters. The summed E-state index contributed by atoms with van der Waals surface area (Å²) in [6.45, 7) is 0.923. The van der Waals surface area contributed by atoms with Crippen molar-refractivity contribution in [2.45, 2.75) is 19.4 Å². The fourth-order valence-corrected chi connectivity index (χ4v) is 3.38. The maximum absolute atomic E-state index is 12.5. The first-order valence-electron chi connectivity index (χ1n) is 10.3. The summed E-state index contributed by atoms with van der Waals surface area (Å²) < 4.78 is 11.2. The third-order valence-corrected chi connectivity index (χ3v) is 4.93. The van der Waals surface area contributed by atoms with Crippen molar-refractivity contribution in [1.82, 2.24) is 0 Å². The lowest BCUT2D eigenvalue weighted by Gasteiger charge is -2.30. The van der Waals surface area contributed by atoms with Crippen LogP contribution in [0.25, 0.3) is 0 Å². The highest BCUT2D eigenvalue weighted by atomic mass is 16.5. The van der Waals surface area contributed by atoms with Gasteiger partial charge in [-0.15, -0.1) is 0 Å². The van der Waals surface area contributed by atoms with E-state index in [0.29, 0.717) is 43.1 Å². The van der Waals surface area contributed by atoms with E-state index in [2.05, 4.69) is 5.32 Å². The van der Waals surface area contributed by atoms with Crippen molar-refractivity contribution in [3.05, 3.63) is 84.4 Å². The van der Waals surface area contributed by atoms with E-state index in [9.17, 15) is 9.59 Å². The number of rotatable bonds is 8. The fourth-order valence-electron chi connectivity index (χ4n) is 3.38. The molecule has 0 saturated carbocycles. The van der Waals surface area contributed by atoms with Gasteiger partial charge >= 0.3 is 0 Å². The van der Waals surface area contributed by atoms with Gasteiger partial charge in [0.15, 0.2) is 6.61 Å². The number of nitrogens with one attached hydrogen (secondary N) is 1. The molecular weight excluding hydrogens is 392 g/mol. The monoisotopic (exact) mass is 416 g/mol. The second-order valence-electron chi connectivity index (χ2n) is 7.25. The quantitative estimate of drug-likeness (QED) is 0.553. The Labute approximate surface area is 181 Å². The van der Waals surface area contributed by atoms with Crippen LogP contribution in [-0.2, 0) is 16.1 Å². The SMILES string of the molecule is O=C(CCCOc1ccccc1)Nc1ccc2c(c1)N(Cc1ccccc1)C(=O)CO2. The van der Waals surface area contributed by atoms with Gasteiger partial charge in [-0.3, -0.25) is 9.59 Å². The number of fused-ring (bicyclic) bond motifs is 1. The number of nitrogens with zero attached hydrogens (tertiary/aromatic N) is 1. The van der Waals surface area contributed by atoms with E-state index in [0.717, 1.165) is 11.3 Å². The summed E-state index contributed by atoms with van der Waals surface area (Å²) in [5, 5.41) is 2.90. The standard InChI is InChI=1S/C25H24N2O4/c28-24(12-7-15-30-21-10-5-2-6-11-21)26-20-13-14-23-22(16-20)27(25(29)18-31-23)17-19-8-3-1-4-9-19/h1-6,8-11,13-14,16H,7,12,15,17-18H2,(H,26,28). The van der Waals surface area contributed by atoms with Gasteiger partial charge in [0.2, 0.25) is 5.91 Å². The van der Waals surface area contributed by atoms with Crippen molar-refractivity contribution >= 4 is 23.2 Å². The average Bonchev–Trinajstić information content (AvgIpc) is 2.80. The van der Waals surface area contributed by atoms with Crippen molar-refractivity contribution in [3.8, 4) is 11.5 Å². The first-order valence-corrected chi connectivity index (χ1v) is 10.3. The van der Waals surface area contributed by atoms with Gasteiger partial charge in [-0.25, -0.2) is 0 Å². The number of hydrogen-bond acceptors (Lipinski definition) is 4. The van der Waals surface area contributed by atoms with Crippen LogP contribution in [0.3, 0.4) is 0 Å². The van der Waals surface area contributed by atoms with Crippen LogP contribution in [0, 0.1) is 0 Å². The molecule has 0 atom stereocenters. The number of hydrogen-bond donors (Lipinski definition) is 1. The van der Waals surface area contributed by atoms with Crippen LogP contribution in [0.5, 0.6) is 11.5 Å². The fraction of sp³-hybridized carbons (Fsp3) is 0.200. The molecule has 6 nitrogen and oxygen atoms in total. The highest BCUT2D eigenvalue weighted by molar-refractivity contribution is 5.99. The van der Waals surface area contributed by atoms with E-state index in [1.54, 1.807) is 23.1 Å². The Hall–Kier alpha value is -3.80. The first kappa shape index (κ1) is 20.5. The molecule has 0 spiro atoms. The largest absolute Gasteiger partial charge is 0.494 e. The van der Waals surface area contributed by atoms with Crippen LogP contribution < -0.4 is 19.7 Å². The average molecular weight is 416 g/mol. The third kappa shape index (κ3) is 5.42. The molecule has 1 aliphatic heterocycles. The predicted molar refractivity (Wildman–Crippen MR) is 119 cm³/mol. The zero-order valence-corrected chi connectivity index (χ0v) is 17.1. The zero-order valence-electron chi connectivity index (χ0n) is 17.1. The molecule has 2 amide bonds. The molecule has 0 saturated heterocycles. The molecule has 1 heterocycles. The Morgan fingerprint density at radius 1 is 1.00 bits per heavy atom. The van der Waals surface area contributed by atoms with Gasteiger partial charge in [-0.2, -0.15) is 0 Å². The van der Waals surface area contributed by atoms with Crippen LogP contribution >= 0.6 is 0 Å². The maximum atomic E-state index is 12.5. The lowest BCUT2D eigenvalue weighted by molar-refractivity contribution is -0.121. The number of amides is 2. The van der Waals surface area contributed by atoms with Gasteiger partial charge in [0, 0.05) is 12.1 Å². The number of carbonyl (C=O) groups is 2. The van der Waals surface area contributed by atoms with Crippen molar-refractivity contribution in [1.29, 1.82) is 0 Å². The van der Waals surface area contributed by atoms with Gasteiger partial charge in [0.05, 0.1) is 18.8 Å². The molecule has 4 rings (SSSR count). The van der Waals surface area contributed by atoms with E-state index in [-0.39, 0.29) is 18.4 Å². The van der Waals surface area contributed by atoms with Crippen molar-refractivity contribution in [2.75, 3.05) is 23.4 Å². The molecule has 31 heavy (non-hydrogen) atoms. The number of ether oxygens (including phenoxy) is 2. The Bertz CT molecular complexity index is 1040. The molecule has 6 heteroatoms. The van der Waals surface area contributed by atoms with Crippen molar-refractivity contribution in [3.63, 3.8) is 0 Å². The molecule has 0 bridgehead atoms. The summed E-state index contributed by atoms with van der Waals surface area (Å²) in [6, 6.07) is 24.7. The molecule has 1 N–H and O–H groups in total. The predicted octanol–water partition coefficient (Wildman–Crippen LogP) is 4.41. The summed E-state index contributed by atoms with van der Waals surface area (Å²) in [4.78, 5) is 26.5. The first-order chi connectivity index (χ1) is 15.2. The van der Waals surface area contributed by atoms with Gasteiger partial charge in [0.1, 0.15) is 11.5 Å². The lowest BCUT2D eigenvalue weighted by atomic mass is 10.1. The van der Waals surface area contributed by atoms with Gasteiger partial charge in [-0.1, -0.05) is 48.5 Å². The Kier molecular flexibility index (Phi) is 6.47. The zero-order chi connectivity index (χ0) is 21.5. The number of anilines is 2. The molecule has 158 valence electrons. The minimum Gasteiger partial charge on any atom is -0.494 e. The second kappa shape index (κ2) is 9.80. The minimum absolute atomic E-state index is 0.00690. The van der Waals surface area contributed by atoms with Crippen LogP contribution in [0.4, 0.5) is 11.4 Å². The topological polar surface area (TPSA) is 67.9 Å². The molecule has 0 fully saturated rings. The molecule has 1 aliphatic rings. The van der Waals surface area contributed by atoms with E-state index < -0.39 is 0 Å². The third-order valence-electron chi connectivity index (χ3n) is 4.93. The van der Waals surface area contributed by atoms with E-state index in [4.69, 9.17) is 9.47 Å². The van der Waals surface area contributed by atoms with Crippen molar-refractivity contribution < 1.29 is 19.1 Å². The van der Waals surface area contributed by atoms with Gasteiger partial charge in [0.25, 0.3) is 5.91 Å². The van der Waals surface area contributed by atoms with Crippen LogP contribution in [0.1, 0.15) is 18.4 Å². The molecule has 0 aliphatic carbocycles. The number of para-hydroxylation sites is 1. The number of benzene rings is 3. The van der Waals surface area contributed by atoms with Crippen LogP contribution in [-0.4, -0.2) is 25.0 Å². The van der Waals surface area contributed by atoms with Crippen LogP contribution in [0.15, 0.2) is 78.9 Å². The van der Waals surface area contributed by atoms with E-state index in [1.807, 2.05) is 60.7 Å². The summed E-state index contributed by atoms with van der Waals surface area (Å²) in [5.41, 5.74) is 2.31. The normalized spacial score (nSPS) is 12.6. The maximum Gasteiger partial charge on any atom is 0.265 e. The van der Waals surface area contributed by atoms with E-state index >= 15 is 0 Å². The Morgan fingerprint density at radius 3 is 2.52 bits per heavy atom. The number of carbonyl (C=O) groups excluding carboxylic acids is 2. The molecule has 3 aromatic rings. The molecule has 0 aromatic heterocycles. The summed E-state index contributed by atoms with van der Waals surface area (Å²) >= 11 is 0. The van der Waals surface area contributed by atoms with Crippen LogP contribution in [0.2, 0.25) is 0 Å². The Balaban J connectivity index is 1.36. The van der Waals surface area contributed by atoms with Gasteiger partial charge in [-0.05, 0) is 42.3 Å². The Morgan fingerprint density at radius 2 is 1.74 bits per heavy atom. The van der Waals surface area contributed by atoms with Gasteiger partial charge < -0.3 is 19.7 Å². The summed E-state index contributed by atoms with van der Waals surface area (Å²) in [7, 11) is 0. The minimum atomic E-state index is -0.113. The molecule has 3 aromatic carbocycles. The van der Waals surface area contributed by atoms with E-state index in [1.165, 1.54) is 0 Å². The smallest absolute Gasteiger partial charge is 0.265 e. The highest BCUT2D eigenvalue weighted by Gasteiger charge is 2.26. The molecule has 0 radical (unpaired) electrons. The molecular formula is C25H24N2O4. The second-order valence-corrected chi connectivity index (χ2v) is 7.25. The summed E-state index contributed by atoms with van der Waals surface area (Å²) in [5.74, 6) is 1.21. The summed E-state index contributed by atoms with van der Waals surface area (Å²) in [6.07, 6.45) is 0.945. The highest BCUT2D eigenvalue weighted by Crippen LogP contribution is 2.35. The van der Waals surface area contributed by atoms with Crippen molar-refractivity contribution in [2.24, 2.45) is 0 Å². The lowest BCUT2D eigenvalue weighted by Crippen LogP contribution is -2.38.